The van der Waals surface area contributed by atoms with E-state index >= 15 is 0 Å². The lowest BCUT2D eigenvalue weighted by Crippen LogP contribution is -2.53. The molecule has 0 saturated heterocycles. The zero-order valence-corrected chi connectivity index (χ0v) is 19.3. The molecule has 0 fully saturated rings. The Morgan fingerprint density at radius 2 is 1.71 bits per heavy atom. The Balaban J connectivity index is 2.35. The highest BCUT2D eigenvalue weighted by Crippen LogP contribution is 2.31. The third kappa shape index (κ3) is 5.94. The minimum Gasteiger partial charge on any atom is -0.383 e. The highest BCUT2D eigenvalue weighted by atomic mass is 19.1. The molecule has 0 radical (unpaired) electrons. The van der Waals surface area contributed by atoms with Crippen LogP contribution in [0.4, 0.5) is 10.1 Å². The van der Waals surface area contributed by atoms with E-state index in [4.69, 9.17) is 5.73 Å². The standard InChI is InChI=1S/C25H32FN3O2/c1-14(2)28-19-8-9-20(22(26)13-19)21-12-15(3)18(10-16(21)4)11-17(5)23(30)29-25(6,7)24(27)31/h8-14,28H,1-7H3,(H2,27,31)(H,29,30). The SMILES string of the molecule is CC(=Cc1cc(C)c(-c2ccc(NC(C)C)cc2F)cc1C)C(=O)NC(C)(C)C(N)=O. The second-order valence-corrected chi connectivity index (χ2v) is 8.79. The van der Waals surface area contributed by atoms with Crippen LogP contribution in [0.15, 0.2) is 35.9 Å². The summed E-state index contributed by atoms with van der Waals surface area (Å²) in [6.45, 7) is 12.6. The summed E-state index contributed by atoms with van der Waals surface area (Å²) in [5, 5.41) is 5.84. The number of carbonyl (C=O) groups excluding carboxylic acids is 2. The van der Waals surface area contributed by atoms with E-state index in [0.29, 0.717) is 11.1 Å². The molecule has 0 aliphatic carbocycles. The van der Waals surface area contributed by atoms with Crippen molar-refractivity contribution in [3.05, 3.63) is 58.4 Å². The molecule has 6 heteroatoms. The monoisotopic (exact) mass is 425 g/mol. The van der Waals surface area contributed by atoms with Crippen LogP contribution in [0.25, 0.3) is 17.2 Å². The van der Waals surface area contributed by atoms with Gasteiger partial charge in [0.2, 0.25) is 11.8 Å². The van der Waals surface area contributed by atoms with E-state index in [1.807, 2.05) is 45.9 Å². The average molecular weight is 426 g/mol. The van der Waals surface area contributed by atoms with Gasteiger partial charge in [0.1, 0.15) is 11.4 Å². The van der Waals surface area contributed by atoms with Gasteiger partial charge in [-0.1, -0.05) is 12.1 Å². The Kier molecular flexibility index (Phi) is 7.26. The summed E-state index contributed by atoms with van der Waals surface area (Å²) in [5.41, 5.74) is 9.36. The molecule has 0 aromatic heterocycles. The van der Waals surface area contributed by atoms with Crippen LogP contribution in [0.1, 0.15) is 51.3 Å². The number of hydrogen-bond acceptors (Lipinski definition) is 3. The van der Waals surface area contributed by atoms with Crippen molar-refractivity contribution in [2.75, 3.05) is 5.32 Å². The van der Waals surface area contributed by atoms with Gasteiger partial charge >= 0.3 is 0 Å². The van der Waals surface area contributed by atoms with Crippen LogP contribution in [0.3, 0.4) is 0 Å². The first-order chi connectivity index (χ1) is 14.3. The van der Waals surface area contributed by atoms with Crippen LogP contribution < -0.4 is 16.4 Å². The van der Waals surface area contributed by atoms with E-state index in [0.717, 1.165) is 27.9 Å². The van der Waals surface area contributed by atoms with E-state index in [1.165, 1.54) is 6.07 Å². The lowest BCUT2D eigenvalue weighted by molar-refractivity contribution is -0.128. The number of halogens is 1. The zero-order valence-electron chi connectivity index (χ0n) is 19.3. The summed E-state index contributed by atoms with van der Waals surface area (Å²) in [4.78, 5) is 23.9. The molecule has 166 valence electrons. The Morgan fingerprint density at radius 1 is 1.06 bits per heavy atom. The maximum absolute atomic E-state index is 14.8. The van der Waals surface area contributed by atoms with Gasteiger partial charge in [-0.2, -0.15) is 0 Å². The minimum absolute atomic E-state index is 0.217. The van der Waals surface area contributed by atoms with Crippen molar-refractivity contribution in [1.29, 1.82) is 0 Å². The maximum Gasteiger partial charge on any atom is 0.247 e. The van der Waals surface area contributed by atoms with Crippen LogP contribution in [0.5, 0.6) is 0 Å². The first kappa shape index (κ1) is 24.1. The molecule has 5 nitrogen and oxygen atoms in total. The van der Waals surface area contributed by atoms with Crippen molar-refractivity contribution in [2.45, 2.75) is 60.0 Å². The molecule has 2 amide bonds. The van der Waals surface area contributed by atoms with Crippen molar-refractivity contribution in [3.8, 4) is 11.1 Å². The number of nitrogens with one attached hydrogen (secondary N) is 2. The van der Waals surface area contributed by atoms with Crippen molar-refractivity contribution in [3.63, 3.8) is 0 Å². The molecule has 0 bridgehead atoms. The molecule has 0 aliphatic heterocycles. The lowest BCUT2D eigenvalue weighted by Gasteiger charge is -2.22. The van der Waals surface area contributed by atoms with E-state index in [9.17, 15) is 14.0 Å². The van der Waals surface area contributed by atoms with Crippen molar-refractivity contribution < 1.29 is 14.0 Å². The molecule has 0 unspecified atom stereocenters. The molecule has 2 rings (SSSR count). The molecule has 0 spiro atoms. The zero-order chi connectivity index (χ0) is 23.5. The van der Waals surface area contributed by atoms with Crippen LogP contribution in [0.2, 0.25) is 0 Å². The predicted octanol–water partition coefficient (Wildman–Crippen LogP) is 4.71. The number of carbonyl (C=O) groups is 2. The van der Waals surface area contributed by atoms with Gasteiger partial charge in [0.25, 0.3) is 0 Å². The van der Waals surface area contributed by atoms with Gasteiger partial charge in [0.05, 0.1) is 0 Å². The third-order valence-corrected chi connectivity index (χ3v) is 5.10. The minimum atomic E-state index is -1.14. The first-order valence-corrected chi connectivity index (χ1v) is 10.3. The molecular weight excluding hydrogens is 393 g/mol. The van der Waals surface area contributed by atoms with Crippen LogP contribution in [0, 0.1) is 19.7 Å². The van der Waals surface area contributed by atoms with Crippen LogP contribution >= 0.6 is 0 Å². The number of benzene rings is 2. The molecule has 2 aromatic carbocycles. The lowest BCUT2D eigenvalue weighted by atomic mass is 9.93. The number of rotatable bonds is 7. The highest BCUT2D eigenvalue weighted by Gasteiger charge is 2.27. The fourth-order valence-electron chi connectivity index (χ4n) is 3.18. The number of primary amides is 1. The summed E-state index contributed by atoms with van der Waals surface area (Å²) in [7, 11) is 0. The average Bonchev–Trinajstić information content (AvgIpc) is 2.64. The van der Waals surface area contributed by atoms with E-state index in [2.05, 4.69) is 10.6 Å². The molecule has 31 heavy (non-hydrogen) atoms. The number of anilines is 1. The summed E-state index contributed by atoms with van der Waals surface area (Å²) >= 11 is 0. The molecule has 0 atom stereocenters. The van der Waals surface area contributed by atoms with Crippen molar-refractivity contribution >= 4 is 23.6 Å². The van der Waals surface area contributed by atoms with Crippen molar-refractivity contribution in [2.24, 2.45) is 5.73 Å². The second-order valence-electron chi connectivity index (χ2n) is 8.79. The van der Waals surface area contributed by atoms with Gasteiger partial charge in [0.15, 0.2) is 0 Å². The van der Waals surface area contributed by atoms with Gasteiger partial charge in [-0.3, -0.25) is 9.59 Å². The fraction of sp³-hybridized carbons (Fsp3) is 0.360. The summed E-state index contributed by atoms with van der Waals surface area (Å²) < 4.78 is 14.8. The summed E-state index contributed by atoms with van der Waals surface area (Å²) in [5.74, 6) is -1.27. The van der Waals surface area contributed by atoms with E-state index < -0.39 is 11.4 Å². The van der Waals surface area contributed by atoms with E-state index in [1.54, 1.807) is 32.9 Å². The largest absolute Gasteiger partial charge is 0.383 e. The Labute approximate surface area is 183 Å². The quantitative estimate of drug-likeness (QED) is 0.562. The molecule has 0 heterocycles. The highest BCUT2D eigenvalue weighted by molar-refractivity contribution is 6.00. The van der Waals surface area contributed by atoms with Gasteiger partial charge in [0, 0.05) is 22.9 Å². The summed E-state index contributed by atoms with van der Waals surface area (Å²) in [6, 6.07) is 9.23. The molecule has 0 saturated carbocycles. The first-order valence-electron chi connectivity index (χ1n) is 10.3. The Morgan fingerprint density at radius 3 is 2.26 bits per heavy atom. The number of hydrogen-bond donors (Lipinski definition) is 3. The second kappa shape index (κ2) is 9.33. The molecule has 4 N–H and O–H groups in total. The van der Waals surface area contributed by atoms with E-state index in [-0.39, 0.29) is 17.8 Å². The smallest absolute Gasteiger partial charge is 0.247 e. The predicted molar refractivity (Wildman–Crippen MR) is 125 cm³/mol. The number of amides is 2. The van der Waals surface area contributed by atoms with Crippen LogP contribution in [-0.4, -0.2) is 23.4 Å². The Hall–Kier alpha value is -3.15. The normalized spacial score (nSPS) is 12.1. The van der Waals surface area contributed by atoms with Crippen LogP contribution in [-0.2, 0) is 9.59 Å². The third-order valence-electron chi connectivity index (χ3n) is 5.10. The number of nitrogens with two attached hydrogens (primary N) is 1. The van der Waals surface area contributed by atoms with Gasteiger partial charge in [-0.15, -0.1) is 0 Å². The molecule has 2 aromatic rings. The number of aryl methyl sites for hydroxylation is 2. The fourth-order valence-corrected chi connectivity index (χ4v) is 3.18. The Bertz CT molecular complexity index is 1040. The van der Waals surface area contributed by atoms with Gasteiger partial charge in [-0.05, 0) is 95.0 Å². The maximum atomic E-state index is 14.8. The molecule has 0 aliphatic rings. The van der Waals surface area contributed by atoms with Crippen molar-refractivity contribution in [1.82, 2.24) is 5.32 Å². The van der Waals surface area contributed by atoms with Gasteiger partial charge < -0.3 is 16.4 Å². The summed E-state index contributed by atoms with van der Waals surface area (Å²) in [6.07, 6.45) is 1.75. The molecular formula is C25H32FN3O2. The topological polar surface area (TPSA) is 84.2 Å². The van der Waals surface area contributed by atoms with Gasteiger partial charge in [-0.25, -0.2) is 4.39 Å².